The number of hydrogen-bond acceptors (Lipinski definition) is 2. The summed E-state index contributed by atoms with van der Waals surface area (Å²) in [5, 5.41) is 0. The number of nitrogens with two attached hydrogens (primary N) is 1. The van der Waals surface area contributed by atoms with Gasteiger partial charge in [0.05, 0.1) is 0 Å². The highest BCUT2D eigenvalue weighted by atomic mass is 15.1. The Kier molecular flexibility index (Phi) is 2.96. The average molecular weight is 204 g/mol. The highest BCUT2D eigenvalue weighted by Crippen LogP contribution is 2.24. The van der Waals surface area contributed by atoms with Crippen LogP contribution in [0, 0.1) is 5.92 Å². The zero-order chi connectivity index (χ0) is 10.8. The molecule has 1 aromatic carbocycles. The molecule has 2 nitrogen and oxygen atoms in total. The molecule has 2 rings (SSSR count). The van der Waals surface area contributed by atoms with Gasteiger partial charge in [-0.25, -0.2) is 0 Å². The van der Waals surface area contributed by atoms with Crippen molar-refractivity contribution in [1.29, 1.82) is 0 Å². The fourth-order valence-electron chi connectivity index (χ4n) is 2.08. The van der Waals surface area contributed by atoms with Crippen molar-refractivity contribution < 1.29 is 0 Å². The Bertz CT molecular complexity index is 344. The number of hydrogen-bond donors (Lipinski definition) is 1. The van der Waals surface area contributed by atoms with Gasteiger partial charge in [-0.3, -0.25) is 4.90 Å². The van der Waals surface area contributed by atoms with Crippen LogP contribution in [0.1, 0.15) is 31.4 Å². The van der Waals surface area contributed by atoms with Crippen LogP contribution in [0.15, 0.2) is 18.2 Å². The molecule has 0 fully saturated rings. The lowest BCUT2D eigenvalue weighted by molar-refractivity contribution is 0.266. The van der Waals surface area contributed by atoms with Crippen molar-refractivity contribution in [2.45, 2.75) is 33.4 Å². The van der Waals surface area contributed by atoms with E-state index in [2.05, 4.69) is 30.9 Å². The molecule has 0 saturated carbocycles. The molecule has 82 valence electrons. The summed E-state index contributed by atoms with van der Waals surface area (Å²) in [5.74, 6) is 0.791. The number of anilines is 1. The van der Waals surface area contributed by atoms with E-state index in [9.17, 15) is 0 Å². The molecule has 0 unspecified atom stereocenters. The summed E-state index contributed by atoms with van der Waals surface area (Å²) < 4.78 is 0. The molecular formula is C13H20N2. The van der Waals surface area contributed by atoms with Gasteiger partial charge in [0, 0.05) is 18.8 Å². The maximum atomic E-state index is 5.78. The van der Waals surface area contributed by atoms with E-state index in [0.29, 0.717) is 0 Å². The van der Waals surface area contributed by atoms with Crippen molar-refractivity contribution in [2.24, 2.45) is 5.92 Å². The van der Waals surface area contributed by atoms with E-state index in [-0.39, 0.29) is 0 Å². The van der Waals surface area contributed by atoms with Crippen molar-refractivity contribution in [2.75, 3.05) is 12.3 Å². The SMILES string of the molecule is CC(C)CCN1Cc2ccc(N)cc2C1. The Morgan fingerprint density at radius 3 is 2.73 bits per heavy atom. The Balaban J connectivity index is 1.97. The first-order chi connectivity index (χ1) is 7.15. The third-order valence-electron chi connectivity index (χ3n) is 3.04. The molecule has 0 aromatic heterocycles. The van der Waals surface area contributed by atoms with Crippen LogP contribution < -0.4 is 5.73 Å². The highest BCUT2D eigenvalue weighted by molar-refractivity contribution is 5.46. The van der Waals surface area contributed by atoms with Crippen LogP contribution in [0.5, 0.6) is 0 Å². The highest BCUT2D eigenvalue weighted by Gasteiger charge is 2.18. The molecule has 2 heteroatoms. The molecule has 2 N–H and O–H groups in total. The molecule has 1 aliphatic heterocycles. The second kappa shape index (κ2) is 4.23. The fourth-order valence-corrected chi connectivity index (χ4v) is 2.08. The average Bonchev–Trinajstić information content (AvgIpc) is 2.56. The minimum Gasteiger partial charge on any atom is -0.399 e. The summed E-state index contributed by atoms with van der Waals surface area (Å²) in [6.07, 6.45) is 1.28. The van der Waals surface area contributed by atoms with E-state index in [1.807, 2.05) is 6.07 Å². The predicted molar refractivity (Wildman–Crippen MR) is 64.4 cm³/mol. The number of benzene rings is 1. The standard InChI is InChI=1S/C13H20N2/c1-10(2)5-6-15-8-11-3-4-13(14)7-12(11)9-15/h3-4,7,10H,5-6,8-9,14H2,1-2H3. The van der Waals surface area contributed by atoms with Crippen molar-refractivity contribution in [1.82, 2.24) is 4.90 Å². The van der Waals surface area contributed by atoms with Crippen LogP contribution in [-0.4, -0.2) is 11.4 Å². The number of fused-ring (bicyclic) bond motifs is 1. The zero-order valence-electron chi connectivity index (χ0n) is 9.66. The van der Waals surface area contributed by atoms with Crippen LogP contribution in [0.2, 0.25) is 0 Å². The molecule has 0 aliphatic carbocycles. The van der Waals surface area contributed by atoms with E-state index < -0.39 is 0 Å². The lowest BCUT2D eigenvalue weighted by atomic mass is 10.1. The van der Waals surface area contributed by atoms with E-state index in [1.165, 1.54) is 24.1 Å². The molecule has 0 radical (unpaired) electrons. The molecule has 0 spiro atoms. The number of nitrogen functional groups attached to an aromatic ring is 1. The summed E-state index contributed by atoms with van der Waals surface area (Å²) in [4.78, 5) is 2.50. The maximum Gasteiger partial charge on any atom is 0.0317 e. The molecule has 0 bridgehead atoms. The summed E-state index contributed by atoms with van der Waals surface area (Å²) in [7, 11) is 0. The van der Waals surface area contributed by atoms with Crippen molar-refractivity contribution in [3.8, 4) is 0 Å². The third kappa shape index (κ3) is 2.51. The van der Waals surface area contributed by atoms with Crippen LogP contribution in [-0.2, 0) is 13.1 Å². The van der Waals surface area contributed by atoms with Crippen molar-refractivity contribution >= 4 is 5.69 Å². The van der Waals surface area contributed by atoms with Crippen LogP contribution in [0.3, 0.4) is 0 Å². The van der Waals surface area contributed by atoms with Gasteiger partial charge in [-0.15, -0.1) is 0 Å². The van der Waals surface area contributed by atoms with E-state index in [0.717, 1.165) is 24.7 Å². The predicted octanol–water partition coefficient (Wildman–Crippen LogP) is 2.63. The van der Waals surface area contributed by atoms with Crippen molar-refractivity contribution in [3.05, 3.63) is 29.3 Å². The molecule has 1 aromatic rings. The van der Waals surface area contributed by atoms with Crippen molar-refractivity contribution in [3.63, 3.8) is 0 Å². The Hall–Kier alpha value is -1.02. The normalized spacial score (nSPS) is 15.9. The van der Waals surface area contributed by atoms with Crippen LogP contribution >= 0.6 is 0 Å². The quantitative estimate of drug-likeness (QED) is 0.767. The second-order valence-corrected chi connectivity index (χ2v) is 4.92. The van der Waals surface area contributed by atoms with Crippen LogP contribution in [0.25, 0.3) is 0 Å². The van der Waals surface area contributed by atoms with Crippen LogP contribution in [0.4, 0.5) is 5.69 Å². The first kappa shape index (κ1) is 10.5. The smallest absolute Gasteiger partial charge is 0.0317 e. The summed E-state index contributed by atoms with van der Waals surface area (Å²) in [5.41, 5.74) is 9.54. The lowest BCUT2D eigenvalue weighted by Crippen LogP contribution is -2.18. The molecule has 0 atom stereocenters. The van der Waals surface area contributed by atoms with Gasteiger partial charge in [0.15, 0.2) is 0 Å². The van der Waals surface area contributed by atoms with E-state index in [1.54, 1.807) is 0 Å². The molecular weight excluding hydrogens is 184 g/mol. The van der Waals surface area contributed by atoms with Gasteiger partial charge in [0.1, 0.15) is 0 Å². The molecule has 0 saturated heterocycles. The van der Waals surface area contributed by atoms with E-state index >= 15 is 0 Å². The minimum atomic E-state index is 0.791. The van der Waals surface area contributed by atoms with Gasteiger partial charge < -0.3 is 5.73 Å². The van der Waals surface area contributed by atoms with Gasteiger partial charge in [-0.05, 0) is 42.1 Å². The molecule has 1 aliphatic rings. The molecule has 0 amide bonds. The molecule has 15 heavy (non-hydrogen) atoms. The van der Waals surface area contributed by atoms with Gasteiger partial charge in [0.25, 0.3) is 0 Å². The third-order valence-corrected chi connectivity index (χ3v) is 3.04. The van der Waals surface area contributed by atoms with Gasteiger partial charge >= 0.3 is 0 Å². The first-order valence-electron chi connectivity index (χ1n) is 5.75. The van der Waals surface area contributed by atoms with Gasteiger partial charge in [-0.2, -0.15) is 0 Å². The van der Waals surface area contributed by atoms with Gasteiger partial charge in [-0.1, -0.05) is 19.9 Å². The van der Waals surface area contributed by atoms with Gasteiger partial charge in [0.2, 0.25) is 0 Å². The minimum absolute atomic E-state index is 0.791. The number of nitrogens with zero attached hydrogens (tertiary/aromatic N) is 1. The van der Waals surface area contributed by atoms with E-state index in [4.69, 9.17) is 5.73 Å². The zero-order valence-corrected chi connectivity index (χ0v) is 9.66. The summed E-state index contributed by atoms with van der Waals surface area (Å²) in [6.45, 7) is 7.93. The Morgan fingerprint density at radius 2 is 2.00 bits per heavy atom. The summed E-state index contributed by atoms with van der Waals surface area (Å²) >= 11 is 0. The largest absolute Gasteiger partial charge is 0.399 e. The topological polar surface area (TPSA) is 29.3 Å². The first-order valence-corrected chi connectivity index (χ1v) is 5.75. The lowest BCUT2D eigenvalue weighted by Gasteiger charge is -2.15. The molecule has 1 heterocycles. The maximum absolute atomic E-state index is 5.78. The second-order valence-electron chi connectivity index (χ2n) is 4.92. The Labute approximate surface area is 92.1 Å². The summed E-state index contributed by atoms with van der Waals surface area (Å²) in [6, 6.07) is 6.29. The number of rotatable bonds is 3. The monoisotopic (exact) mass is 204 g/mol. The Morgan fingerprint density at radius 1 is 1.27 bits per heavy atom. The fraction of sp³-hybridized carbons (Fsp3) is 0.538.